The molecule has 2 rings (SSSR count). The Morgan fingerprint density at radius 3 is 2.92 bits per heavy atom. The molecular weight excluding hydrogens is 241 g/mol. The van der Waals surface area contributed by atoms with Crippen LogP contribution in [0.25, 0.3) is 11.1 Å². The third-order valence-electron chi connectivity index (χ3n) is 1.84. The Morgan fingerprint density at radius 1 is 1.54 bits per heavy atom. The van der Waals surface area contributed by atoms with Crippen molar-refractivity contribution in [2.75, 3.05) is 0 Å². The molecule has 0 amide bonds. The minimum atomic E-state index is -0.563. The Labute approximate surface area is 80.9 Å². The van der Waals surface area contributed by atoms with Gasteiger partial charge in [0.1, 0.15) is 5.52 Å². The summed E-state index contributed by atoms with van der Waals surface area (Å²) in [5, 5.41) is 0. The van der Waals surface area contributed by atoms with Gasteiger partial charge in [0.05, 0.1) is 4.47 Å². The normalized spacial score (nSPS) is 11.0. The molecule has 0 fully saturated rings. The Hall–Kier alpha value is -1.10. The molecule has 0 bridgehead atoms. The lowest BCUT2D eigenvalue weighted by molar-refractivity contribution is 0.528. The van der Waals surface area contributed by atoms with Crippen LogP contribution in [0.4, 0.5) is 4.39 Å². The van der Waals surface area contributed by atoms with Crippen LogP contribution in [0.1, 0.15) is 0 Å². The van der Waals surface area contributed by atoms with E-state index in [4.69, 9.17) is 4.42 Å². The van der Waals surface area contributed by atoms with Gasteiger partial charge in [-0.05, 0) is 28.1 Å². The highest BCUT2D eigenvalue weighted by molar-refractivity contribution is 9.10. The molecular formula is C8H5BrFNO2. The lowest BCUT2D eigenvalue weighted by Crippen LogP contribution is -2.09. The zero-order valence-corrected chi connectivity index (χ0v) is 8.26. The van der Waals surface area contributed by atoms with Crippen molar-refractivity contribution >= 4 is 27.0 Å². The molecule has 5 heteroatoms. The first-order valence-electron chi connectivity index (χ1n) is 3.55. The fourth-order valence-electron chi connectivity index (χ4n) is 1.17. The van der Waals surface area contributed by atoms with E-state index < -0.39 is 11.6 Å². The van der Waals surface area contributed by atoms with Crippen LogP contribution in [0.15, 0.2) is 25.8 Å². The van der Waals surface area contributed by atoms with Crippen LogP contribution in [-0.4, -0.2) is 4.57 Å². The van der Waals surface area contributed by atoms with Crippen molar-refractivity contribution < 1.29 is 8.81 Å². The van der Waals surface area contributed by atoms with Gasteiger partial charge in [0.25, 0.3) is 0 Å². The fraction of sp³-hybridized carbons (Fsp3) is 0.125. The standard InChI is InChI=1S/C8H5BrFNO2/c1-11-7-5(13-8(11)12)3-2-4(9)6(7)10/h2-3H,1H3. The van der Waals surface area contributed by atoms with Gasteiger partial charge in [-0.3, -0.25) is 4.57 Å². The number of oxazole rings is 1. The summed E-state index contributed by atoms with van der Waals surface area (Å²) in [6, 6.07) is 3.05. The summed E-state index contributed by atoms with van der Waals surface area (Å²) in [6.45, 7) is 0. The lowest BCUT2D eigenvalue weighted by atomic mass is 10.3. The average molecular weight is 246 g/mol. The molecule has 0 aliphatic heterocycles. The maximum atomic E-state index is 13.4. The quantitative estimate of drug-likeness (QED) is 0.712. The zero-order chi connectivity index (χ0) is 9.59. The summed E-state index contributed by atoms with van der Waals surface area (Å²) in [6.07, 6.45) is 0. The molecule has 0 saturated heterocycles. The van der Waals surface area contributed by atoms with Gasteiger partial charge in [-0.25, -0.2) is 9.18 Å². The zero-order valence-electron chi connectivity index (χ0n) is 6.67. The number of aryl methyl sites for hydroxylation is 1. The average Bonchev–Trinajstić information content (AvgIpc) is 2.37. The van der Waals surface area contributed by atoms with Crippen LogP contribution in [0.5, 0.6) is 0 Å². The molecule has 0 radical (unpaired) electrons. The maximum absolute atomic E-state index is 13.4. The van der Waals surface area contributed by atoms with E-state index in [1.165, 1.54) is 13.1 Å². The number of hydrogen-bond donors (Lipinski definition) is 0. The second-order valence-corrected chi connectivity index (χ2v) is 3.49. The maximum Gasteiger partial charge on any atom is 0.419 e. The third kappa shape index (κ3) is 1.11. The molecule has 0 aliphatic carbocycles. The van der Waals surface area contributed by atoms with E-state index in [1.807, 2.05) is 0 Å². The fourth-order valence-corrected chi connectivity index (χ4v) is 1.49. The van der Waals surface area contributed by atoms with Gasteiger partial charge in [0, 0.05) is 7.05 Å². The van der Waals surface area contributed by atoms with Gasteiger partial charge in [0.2, 0.25) is 0 Å². The molecule has 0 saturated carbocycles. The van der Waals surface area contributed by atoms with E-state index in [-0.39, 0.29) is 11.1 Å². The monoisotopic (exact) mass is 245 g/mol. The number of hydrogen-bond acceptors (Lipinski definition) is 2. The number of rotatable bonds is 0. The number of aromatic nitrogens is 1. The third-order valence-corrected chi connectivity index (χ3v) is 2.45. The summed E-state index contributed by atoms with van der Waals surface area (Å²) in [5.41, 5.74) is 0.438. The second-order valence-electron chi connectivity index (χ2n) is 2.64. The van der Waals surface area contributed by atoms with E-state index in [1.54, 1.807) is 6.07 Å². The predicted octanol–water partition coefficient (Wildman–Crippen LogP) is 2.03. The summed E-state index contributed by atoms with van der Waals surface area (Å²) in [7, 11) is 1.46. The predicted molar refractivity (Wildman–Crippen MR) is 49.1 cm³/mol. The summed E-state index contributed by atoms with van der Waals surface area (Å²) in [5.74, 6) is -1.04. The molecule has 0 aliphatic rings. The van der Waals surface area contributed by atoms with Crippen LogP contribution in [0.3, 0.4) is 0 Å². The minimum absolute atomic E-state index is 0.180. The van der Waals surface area contributed by atoms with Crippen LogP contribution in [-0.2, 0) is 7.05 Å². The van der Waals surface area contributed by atoms with Gasteiger partial charge in [0.15, 0.2) is 11.4 Å². The minimum Gasteiger partial charge on any atom is -0.408 e. The number of fused-ring (bicyclic) bond motifs is 1. The topological polar surface area (TPSA) is 35.1 Å². The molecule has 3 nitrogen and oxygen atoms in total. The molecule has 0 unspecified atom stereocenters. The van der Waals surface area contributed by atoms with Crippen molar-refractivity contribution in [3.63, 3.8) is 0 Å². The number of nitrogens with zero attached hydrogens (tertiary/aromatic N) is 1. The van der Waals surface area contributed by atoms with Gasteiger partial charge in [-0.2, -0.15) is 0 Å². The number of halogens is 2. The van der Waals surface area contributed by atoms with Crippen molar-refractivity contribution in [1.82, 2.24) is 4.57 Å². The van der Waals surface area contributed by atoms with Gasteiger partial charge < -0.3 is 4.42 Å². The molecule has 0 N–H and O–H groups in total. The summed E-state index contributed by atoms with van der Waals surface area (Å²) >= 11 is 3.03. The Balaban J connectivity index is 3.05. The molecule has 68 valence electrons. The van der Waals surface area contributed by atoms with Crippen molar-refractivity contribution in [3.05, 3.63) is 33.0 Å². The molecule has 0 spiro atoms. The Morgan fingerprint density at radius 2 is 2.23 bits per heavy atom. The van der Waals surface area contributed by atoms with Gasteiger partial charge >= 0.3 is 5.76 Å². The highest BCUT2D eigenvalue weighted by Crippen LogP contribution is 2.23. The molecule has 1 heterocycles. The van der Waals surface area contributed by atoms with Gasteiger partial charge in [-0.15, -0.1) is 0 Å². The molecule has 1 aromatic carbocycles. The molecule has 1 aromatic heterocycles. The SMILES string of the molecule is Cn1c(=O)oc2ccc(Br)c(F)c21. The molecule has 13 heavy (non-hydrogen) atoms. The highest BCUT2D eigenvalue weighted by Gasteiger charge is 2.12. The Bertz CT molecular complexity index is 529. The number of benzene rings is 1. The van der Waals surface area contributed by atoms with Crippen molar-refractivity contribution in [2.24, 2.45) is 7.05 Å². The summed E-state index contributed by atoms with van der Waals surface area (Å²) < 4.78 is 19.6. The largest absolute Gasteiger partial charge is 0.419 e. The van der Waals surface area contributed by atoms with Crippen molar-refractivity contribution in [1.29, 1.82) is 0 Å². The van der Waals surface area contributed by atoms with E-state index >= 15 is 0 Å². The lowest BCUT2D eigenvalue weighted by Gasteiger charge is -1.95. The van der Waals surface area contributed by atoms with E-state index in [0.717, 1.165) is 4.57 Å². The van der Waals surface area contributed by atoms with Crippen LogP contribution >= 0.6 is 15.9 Å². The van der Waals surface area contributed by atoms with Crippen LogP contribution in [0.2, 0.25) is 0 Å². The second kappa shape index (κ2) is 2.70. The Kier molecular flexibility index (Phi) is 1.76. The van der Waals surface area contributed by atoms with Gasteiger partial charge in [-0.1, -0.05) is 0 Å². The first-order valence-corrected chi connectivity index (χ1v) is 4.34. The first kappa shape index (κ1) is 8.50. The van der Waals surface area contributed by atoms with E-state index in [9.17, 15) is 9.18 Å². The van der Waals surface area contributed by atoms with E-state index in [2.05, 4.69) is 15.9 Å². The van der Waals surface area contributed by atoms with E-state index in [0.29, 0.717) is 4.47 Å². The smallest absolute Gasteiger partial charge is 0.408 e. The first-order chi connectivity index (χ1) is 6.11. The van der Waals surface area contributed by atoms with Crippen LogP contribution in [0, 0.1) is 5.82 Å². The van der Waals surface area contributed by atoms with Crippen LogP contribution < -0.4 is 5.76 Å². The molecule has 0 atom stereocenters. The summed E-state index contributed by atoms with van der Waals surface area (Å²) in [4.78, 5) is 11.0. The molecule has 2 aromatic rings. The highest BCUT2D eigenvalue weighted by atomic mass is 79.9. The van der Waals surface area contributed by atoms with Crippen molar-refractivity contribution in [2.45, 2.75) is 0 Å². The van der Waals surface area contributed by atoms with Crippen molar-refractivity contribution in [3.8, 4) is 0 Å².